The number of benzene rings is 1. The van der Waals surface area contributed by atoms with Crippen molar-refractivity contribution in [3.63, 3.8) is 0 Å². The van der Waals surface area contributed by atoms with Crippen LogP contribution in [0.1, 0.15) is 5.56 Å². The number of aromatic amines is 1. The number of hydrogen-bond acceptors (Lipinski definition) is 2. The molecule has 0 unspecified atom stereocenters. The van der Waals surface area contributed by atoms with E-state index in [4.69, 9.17) is 0 Å². The van der Waals surface area contributed by atoms with E-state index in [9.17, 15) is 22.4 Å². The number of hydrogen-bond donors (Lipinski definition) is 1. The predicted octanol–water partition coefficient (Wildman–Crippen LogP) is 2.59. The molecule has 0 amide bonds. The predicted molar refractivity (Wildman–Crippen MR) is 55.3 cm³/mol. The smallest absolute Gasteiger partial charge is 0.268 e. The average molecular weight is 258 g/mol. The highest BCUT2D eigenvalue weighted by atomic mass is 19.4. The number of aromatic nitrogens is 2. The molecule has 3 nitrogen and oxygen atoms in total. The monoisotopic (exact) mass is 258 g/mol. The zero-order valence-corrected chi connectivity index (χ0v) is 8.75. The van der Waals surface area contributed by atoms with Crippen LogP contribution in [-0.4, -0.2) is 10.2 Å². The summed E-state index contributed by atoms with van der Waals surface area (Å²) in [7, 11) is 0. The molecular formula is C11H6F4N2O. The second kappa shape index (κ2) is 4.25. The fourth-order valence-corrected chi connectivity index (χ4v) is 1.50. The SMILES string of the molecule is O=c1ccc(-c2c(F)cccc2C(F)(F)F)n[nH]1. The average Bonchev–Trinajstić information content (AvgIpc) is 2.29. The van der Waals surface area contributed by atoms with Crippen LogP contribution in [0.25, 0.3) is 11.3 Å². The standard InChI is InChI=1S/C11H6F4N2O/c12-7-3-1-2-6(11(13,14)15)10(7)8-4-5-9(18)17-16-8/h1-5H,(H,17,18). The molecular weight excluding hydrogens is 252 g/mol. The number of rotatable bonds is 1. The van der Waals surface area contributed by atoms with Crippen molar-refractivity contribution < 1.29 is 17.6 Å². The molecule has 1 aromatic heterocycles. The maximum Gasteiger partial charge on any atom is 0.417 e. The van der Waals surface area contributed by atoms with Gasteiger partial charge in [-0.2, -0.15) is 18.3 Å². The van der Waals surface area contributed by atoms with Crippen molar-refractivity contribution in [3.05, 3.63) is 52.1 Å². The summed E-state index contributed by atoms with van der Waals surface area (Å²) in [5.74, 6) is -1.05. The summed E-state index contributed by atoms with van der Waals surface area (Å²) < 4.78 is 51.7. The van der Waals surface area contributed by atoms with Crippen molar-refractivity contribution in [1.29, 1.82) is 0 Å². The Labute approximate surface area is 98.1 Å². The van der Waals surface area contributed by atoms with E-state index in [-0.39, 0.29) is 5.69 Å². The summed E-state index contributed by atoms with van der Waals surface area (Å²) in [6.07, 6.45) is -4.70. The molecule has 0 saturated heterocycles. The van der Waals surface area contributed by atoms with Crippen LogP contribution >= 0.6 is 0 Å². The minimum Gasteiger partial charge on any atom is -0.268 e. The summed E-state index contributed by atoms with van der Waals surface area (Å²) in [6, 6.07) is 4.64. The van der Waals surface area contributed by atoms with E-state index < -0.39 is 28.7 Å². The molecule has 1 heterocycles. The third-order valence-electron chi connectivity index (χ3n) is 2.25. The van der Waals surface area contributed by atoms with Gasteiger partial charge in [0, 0.05) is 11.6 Å². The van der Waals surface area contributed by atoms with E-state index in [2.05, 4.69) is 5.10 Å². The maximum absolute atomic E-state index is 13.5. The fourth-order valence-electron chi connectivity index (χ4n) is 1.50. The van der Waals surface area contributed by atoms with Gasteiger partial charge in [-0.3, -0.25) is 4.79 Å². The molecule has 0 atom stereocenters. The topological polar surface area (TPSA) is 45.8 Å². The van der Waals surface area contributed by atoms with E-state index in [0.29, 0.717) is 0 Å². The number of nitrogens with zero attached hydrogens (tertiary/aromatic N) is 1. The number of H-pyrrole nitrogens is 1. The van der Waals surface area contributed by atoms with E-state index in [0.717, 1.165) is 30.3 Å². The van der Waals surface area contributed by atoms with Gasteiger partial charge in [-0.25, -0.2) is 9.49 Å². The quantitative estimate of drug-likeness (QED) is 0.799. The lowest BCUT2D eigenvalue weighted by Crippen LogP contribution is -2.11. The van der Waals surface area contributed by atoms with Crippen molar-refractivity contribution in [2.45, 2.75) is 6.18 Å². The van der Waals surface area contributed by atoms with Crippen LogP contribution in [0.15, 0.2) is 35.1 Å². The normalized spacial score (nSPS) is 11.6. The van der Waals surface area contributed by atoms with Crippen molar-refractivity contribution in [1.82, 2.24) is 10.2 Å². The maximum atomic E-state index is 13.5. The van der Waals surface area contributed by atoms with E-state index >= 15 is 0 Å². The van der Waals surface area contributed by atoms with Crippen LogP contribution in [0.2, 0.25) is 0 Å². The molecule has 94 valence electrons. The first-order chi connectivity index (χ1) is 8.39. The highest BCUT2D eigenvalue weighted by Gasteiger charge is 2.35. The largest absolute Gasteiger partial charge is 0.417 e. The Morgan fingerprint density at radius 1 is 1.11 bits per heavy atom. The van der Waals surface area contributed by atoms with Gasteiger partial charge < -0.3 is 0 Å². The molecule has 0 aliphatic carbocycles. The molecule has 0 aliphatic rings. The number of alkyl halides is 3. The zero-order valence-electron chi connectivity index (χ0n) is 8.75. The Morgan fingerprint density at radius 2 is 1.83 bits per heavy atom. The van der Waals surface area contributed by atoms with E-state index in [1.165, 1.54) is 0 Å². The highest BCUT2D eigenvalue weighted by molar-refractivity contribution is 5.64. The van der Waals surface area contributed by atoms with Crippen LogP contribution in [0.5, 0.6) is 0 Å². The van der Waals surface area contributed by atoms with E-state index in [1.54, 1.807) is 0 Å². The lowest BCUT2D eigenvalue weighted by Gasteiger charge is -2.12. The van der Waals surface area contributed by atoms with Crippen LogP contribution < -0.4 is 5.56 Å². The number of halogens is 4. The second-order valence-electron chi connectivity index (χ2n) is 3.47. The van der Waals surface area contributed by atoms with Crippen LogP contribution in [-0.2, 0) is 6.18 Å². The van der Waals surface area contributed by atoms with Crippen LogP contribution in [0.4, 0.5) is 17.6 Å². The summed E-state index contributed by atoms with van der Waals surface area (Å²) in [6.45, 7) is 0. The summed E-state index contributed by atoms with van der Waals surface area (Å²) in [5, 5.41) is 5.37. The Morgan fingerprint density at radius 3 is 2.39 bits per heavy atom. The van der Waals surface area contributed by atoms with Gasteiger partial charge in [0.1, 0.15) is 5.82 Å². The zero-order chi connectivity index (χ0) is 13.3. The van der Waals surface area contributed by atoms with Gasteiger partial charge in [0.15, 0.2) is 0 Å². The molecule has 0 aliphatic heterocycles. The van der Waals surface area contributed by atoms with Crippen LogP contribution in [0.3, 0.4) is 0 Å². The molecule has 0 spiro atoms. The molecule has 7 heteroatoms. The molecule has 18 heavy (non-hydrogen) atoms. The molecule has 0 saturated carbocycles. The van der Waals surface area contributed by atoms with Gasteiger partial charge in [0.25, 0.3) is 5.56 Å². The lowest BCUT2D eigenvalue weighted by atomic mass is 10.0. The molecule has 0 fully saturated rings. The Balaban J connectivity index is 2.70. The first-order valence-electron chi connectivity index (χ1n) is 4.81. The Kier molecular flexibility index (Phi) is 2.90. The Bertz CT molecular complexity index is 613. The van der Waals surface area contributed by atoms with Gasteiger partial charge in [0.2, 0.25) is 0 Å². The minimum atomic E-state index is -4.70. The molecule has 0 radical (unpaired) electrons. The summed E-state index contributed by atoms with van der Waals surface area (Å²) in [5.41, 5.74) is -2.67. The second-order valence-corrected chi connectivity index (χ2v) is 3.47. The lowest BCUT2D eigenvalue weighted by molar-refractivity contribution is -0.137. The van der Waals surface area contributed by atoms with Gasteiger partial charge >= 0.3 is 6.18 Å². The highest BCUT2D eigenvalue weighted by Crippen LogP contribution is 2.37. The molecule has 2 rings (SSSR count). The van der Waals surface area contributed by atoms with Gasteiger partial charge in [-0.1, -0.05) is 6.07 Å². The van der Waals surface area contributed by atoms with Crippen LogP contribution in [0, 0.1) is 5.82 Å². The third-order valence-corrected chi connectivity index (χ3v) is 2.25. The van der Waals surface area contributed by atoms with Gasteiger partial charge in [0.05, 0.1) is 11.3 Å². The van der Waals surface area contributed by atoms with Crippen molar-refractivity contribution >= 4 is 0 Å². The molecule has 2 aromatic rings. The summed E-state index contributed by atoms with van der Waals surface area (Å²) >= 11 is 0. The first-order valence-corrected chi connectivity index (χ1v) is 4.81. The Hall–Kier alpha value is -2.18. The molecule has 0 bridgehead atoms. The van der Waals surface area contributed by atoms with Gasteiger partial charge in [-0.15, -0.1) is 0 Å². The minimum absolute atomic E-state index is 0.278. The van der Waals surface area contributed by atoms with E-state index in [1.807, 2.05) is 5.10 Å². The van der Waals surface area contributed by atoms with Crippen molar-refractivity contribution in [2.24, 2.45) is 0 Å². The first kappa shape index (κ1) is 12.3. The molecule has 1 N–H and O–H groups in total. The van der Waals surface area contributed by atoms with Gasteiger partial charge in [-0.05, 0) is 18.2 Å². The third kappa shape index (κ3) is 2.24. The number of nitrogens with one attached hydrogen (secondary N) is 1. The fraction of sp³-hybridized carbons (Fsp3) is 0.0909. The molecule has 1 aromatic carbocycles. The van der Waals surface area contributed by atoms with Crippen molar-refractivity contribution in [2.75, 3.05) is 0 Å². The summed E-state index contributed by atoms with van der Waals surface area (Å²) in [4.78, 5) is 10.8. The van der Waals surface area contributed by atoms with Crippen molar-refractivity contribution in [3.8, 4) is 11.3 Å².